The average Bonchev–Trinajstić information content (AvgIpc) is 2.93. The summed E-state index contributed by atoms with van der Waals surface area (Å²) in [6.45, 7) is 4.92. The molecule has 0 saturated heterocycles. The molecule has 104 valence electrons. The molecular weight excluding hydrogens is 246 g/mol. The highest BCUT2D eigenvalue weighted by molar-refractivity contribution is 5.36. The van der Waals surface area contributed by atoms with Crippen LogP contribution in [0.1, 0.15) is 47.5 Å². The Kier molecular flexibility index (Phi) is 3.79. The van der Waals surface area contributed by atoms with Crippen molar-refractivity contribution in [2.45, 2.75) is 45.7 Å². The highest BCUT2D eigenvalue weighted by Gasteiger charge is 2.13. The Balaban J connectivity index is 1.64. The van der Waals surface area contributed by atoms with Gasteiger partial charge in [-0.2, -0.15) is 0 Å². The van der Waals surface area contributed by atoms with E-state index in [9.17, 15) is 0 Å². The van der Waals surface area contributed by atoms with Crippen LogP contribution in [0.3, 0.4) is 0 Å². The van der Waals surface area contributed by atoms with E-state index >= 15 is 0 Å². The van der Waals surface area contributed by atoms with Gasteiger partial charge in [-0.05, 0) is 49.8 Å². The van der Waals surface area contributed by atoms with E-state index < -0.39 is 0 Å². The van der Waals surface area contributed by atoms with Gasteiger partial charge in [0.25, 0.3) is 0 Å². The molecule has 0 saturated carbocycles. The van der Waals surface area contributed by atoms with E-state index in [0.717, 1.165) is 17.9 Å². The Bertz CT molecular complexity index is 590. The first-order valence-corrected chi connectivity index (χ1v) is 7.35. The van der Waals surface area contributed by atoms with Crippen LogP contribution in [0.5, 0.6) is 0 Å². The number of fused-ring (bicyclic) bond motifs is 1. The summed E-state index contributed by atoms with van der Waals surface area (Å²) in [5, 5.41) is 3.52. The maximum Gasteiger partial charge on any atom is 0.0724 e. The van der Waals surface area contributed by atoms with Crippen LogP contribution in [0.4, 0.5) is 0 Å². The number of nitrogens with one attached hydrogen (secondary N) is 1. The van der Waals surface area contributed by atoms with Crippen molar-refractivity contribution in [3.05, 3.63) is 58.7 Å². The molecule has 0 aliphatic heterocycles. The second kappa shape index (κ2) is 5.71. The van der Waals surface area contributed by atoms with E-state index in [4.69, 9.17) is 0 Å². The Morgan fingerprint density at radius 1 is 1.15 bits per heavy atom. The average molecular weight is 267 g/mol. The highest BCUT2D eigenvalue weighted by Crippen LogP contribution is 2.25. The molecule has 1 atom stereocenters. The number of rotatable bonds is 4. The van der Waals surface area contributed by atoms with Crippen LogP contribution in [0.15, 0.2) is 30.6 Å². The number of hydrogen-bond donors (Lipinski definition) is 1. The maximum absolute atomic E-state index is 4.38. The first-order chi connectivity index (χ1) is 9.72. The molecule has 0 fully saturated rings. The van der Waals surface area contributed by atoms with Crippen LogP contribution >= 0.6 is 0 Å². The predicted molar refractivity (Wildman–Crippen MR) is 80.5 cm³/mol. The standard InChI is InChI=1S/C17H21N3/c1-12-9-20-17(10-18-12)11-19-13(2)15-7-6-14-4-3-5-16(14)8-15/h6-10,13,19H,3-5,11H2,1-2H3. The lowest BCUT2D eigenvalue weighted by Crippen LogP contribution is -2.19. The van der Waals surface area contributed by atoms with Crippen molar-refractivity contribution in [2.75, 3.05) is 0 Å². The smallest absolute Gasteiger partial charge is 0.0724 e. The number of aryl methyl sites for hydroxylation is 3. The van der Waals surface area contributed by atoms with Gasteiger partial charge in [-0.3, -0.25) is 9.97 Å². The molecule has 3 rings (SSSR count). The lowest BCUT2D eigenvalue weighted by Gasteiger charge is -2.15. The minimum atomic E-state index is 0.337. The molecule has 1 N–H and O–H groups in total. The minimum absolute atomic E-state index is 0.337. The van der Waals surface area contributed by atoms with Crippen molar-refractivity contribution in [2.24, 2.45) is 0 Å². The van der Waals surface area contributed by atoms with Crippen molar-refractivity contribution in [3.63, 3.8) is 0 Å². The van der Waals surface area contributed by atoms with Gasteiger partial charge in [-0.15, -0.1) is 0 Å². The Labute approximate surface area is 120 Å². The van der Waals surface area contributed by atoms with E-state index in [2.05, 4.69) is 40.4 Å². The van der Waals surface area contributed by atoms with Gasteiger partial charge in [0.2, 0.25) is 0 Å². The Hall–Kier alpha value is -1.74. The van der Waals surface area contributed by atoms with Crippen LogP contribution in [0, 0.1) is 6.92 Å². The summed E-state index contributed by atoms with van der Waals surface area (Å²) < 4.78 is 0. The second-order valence-corrected chi connectivity index (χ2v) is 5.63. The third-order valence-electron chi connectivity index (χ3n) is 4.05. The normalized spacial score (nSPS) is 15.1. The zero-order valence-electron chi connectivity index (χ0n) is 12.2. The molecule has 3 nitrogen and oxygen atoms in total. The molecule has 0 radical (unpaired) electrons. The number of aromatic nitrogens is 2. The molecule has 1 aliphatic rings. The molecule has 1 aromatic heterocycles. The molecule has 3 heteroatoms. The highest BCUT2D eigenvalue weighted by atomic mass is 14.9. The summed E-state index contributed by atoms with van der Waals surface area (Å²) in [7, 11) is 0. The van der Waals surface area contributed by atoms with Gasteiger partial charge < -0.3 is 5.32 Å². The molecule has 0 bridgehead atoms. The van der Waals surface area contributed by atoms with Crippen LogP contribution in [-0.4, -0.2) is 9.97 Å². The monoisotopic (exact) mass is 267 g/mol. The van der Waals surface area contributed by atoms with Crippen molar-refractivity contribution >= 4 is 0 Å². The quantitative estimate of drug-likeness (QED) is 0.925. The third-order valence-corrected chi connectivity index (χ3v) is 4.05. The van der Waals surface area contributed by atoms with Crippen LogP contribution in [0.2, 0.25) is 0 Å². The molecule has 1 unspecified atom stereocenters. The van der Waals surface area contributed by atoms with E-state index in [1.165, 1.54) is 36.0 Å². The fraction of sp³-hybridized carbons (Fsp3) is 0.412. The molecule has 2 aromatic rings. The lowest BCUT2D eigenvalue weighted by molar-refractivity contribution is 0.566. The van der Waals surface area contributed by atoms with Gasteiger partial charge in [0, 0.05) is 25.0 Å². The van der Waals surface area contributed by atoms with Crippen LogP contribution in [-0.2, 0) is 19.4 Å². The topological polar surface area (TPSA) is 37.8 Å². The SMILES string of the molecule is Cc1cnc(CNC(C)c2ccc3c(c2)CCC3)cn1. The van der Waals surface area contributed by atoms with Crippen molar-refractivity contribution in [1.29, 1.82) is 0 Å². The lowest BCUT2D eigenvalue weighted by atomic mass is 10.0. The summed E-state index contributed by atoms with van der Waals surface area (Å²) >= 11 is 0. The zero-order chi connectivity index (χ0) is 13.9. The molecule has 20 heavy (non-hydrogen) atoms. The van der Waals surface area contributed by atoms with Gasteiger partial charge in [0.1, 0.15) is 0 Å². The van der Waals surface area contributed by atoms with Gasteiger partial charge in [0.05, 0.1) is 11.4 Å². The van der Waals surface area contributed by atoms with Crippen molar-refractivity contribution in [1.82, 2.24) is 15.3 Å². The second-order valence-electron chi connectivity index (χ2n) is 5.63. The van der Waals surface area contributed by atoms with E-state index in [0.29, 0.717) is 6.04 Å². The van der Waals surface area contributed by atoms with Crippen molar-refractivity contribution in [3.8, 4) is 0 Å². The largest absolute Gasteiger partial charge is 0.305 e. The number of benzene rings is 1. The zero-order valence-corrected chi connectivity index (χ0v) is 12.2. The summed E-state index contributed by atoms with van der Waals surface area (Å²) in [6.07, 6.45) is 7.45. The van der Waals surface area contributed by atoms with Crippen molar-refractivity contribution < 1.29 is 0 Å². The summed E-state index contributed by atoms with van der Waals surface area (Å²) in [5.41, 5.74) is 6.38. The Morgan fingerprint density at radius 2 is 2.00 bits per heavy atom. The minimum Gasteiger partial charge on any atom is -0.305 e. The van der Waals surface area contributed by atoms with Gasteiger partial charge in [-0.1, -0.05) is 18.2 Å². The molecular formula is C17H21N3. The van der Waals surface area contributed by atoms with Gasteiger partial charge >= 0.3 is 0 Å². The fourth-order valence-corrected chi connectivity index (χ4v) is 2.75. The maximum atomic E-state index is 4.38. The predicted octanol–water partition coefficient (Wildman–Crippen LogP) is 3.12. The molecule has 0 spiro atoms. The van der Waals surface area contributed by atoms with Crippen LogP contribution < -0.4 is 5.32 Å². The first kappa shape index (κ1) is 13.3. The van der Waals surface area contributed by atoms with Gasteiger partial charge in [-0.25, -0.2) is 0 Å². The summed E-state index contributed by atoms with van der Waals surface area (Å²) in [5.74, 6) is 0. The molecule has 1 heterocycles. The summed E-state index contributed by atoms with van der Waals surface area (Å²) in [4.78, 5) is 8.65. The van der Waals surface area contributed by atoms with Gasteiger partial charge in [0.15, 0.2) is 0 Å². The Morgan fingerprint density at radius 3 is 2.80 bits per heavy atom. The third kappa shape index (κ3) is 2.88. The van der Waals surface area contributed by atoms with E-state index in [-0.39, 0.29) is 0 Å². The molecule has 1 aromatic carbocycles. The summed E-state index contributed by atoms with van der Waals surface area (Å²) in [6, 6.07) is 7.24. The van der Waals surface area contributed by atoms with E-state index in [1.807, 2.05) is 19.3 Å². The van der Waals surface area contributed by atoms with Crippen LogP contribution in [0.25, 0.3) is 0 Å². The molecule has 0 amide bonds. The number of nitrogens with zero attached hydrogens (tertiary/aromatic N) is 2. The molecule has 1 aliphatic carbocycles. The fourth-order valence-electron chi connectivity index (χ4n) is 2.75. The first-order valence-electron chi connectivity index (χ1n) is 7.35. The van der Waals surface area contributed by atoms with E-state index in [1.54, 1.807) is 0 Å². The number of hydrogen-bond acceptors (Lipinski definition) is 3.